The number of nitrogens with zero attached hydrogens (tertiary/aromatic N) is 1. The lowest BCUT2D eigenvalue weighted by atomic mass is 9.85. The molecular formula is C14H20BrNO. The smallest absolute Gasteiger partial charge is 0.0682 e. The third kappa shape index (κ3) is 3.02. The van der Waals surface area contributed by atoms with E-state index in [1.807, 2.05) is 12.1 Å². The predicted molar refractivity (Wildman–Crippen MR) is 75.3 cm³/mol. The number of hydrogen-bond acceptors (Lipinski definition) is 2. The van der Waals surface area contributed by atoms with Crippen molar-refractivity contribution in [2.75, 3.05) is 18.0 Å². The minimum Gasteiger partial charge on any atom is -0.392 e. The molecule has 0 radical (unpaired) electrons. The van der Waals surface area contributed by atoms with Crippen LogP contribution in [0.2, 0.25) is 0 Å². The fourth-order valence-corrected chi connectivity index (χ4v) is 2.97. The SMILES string of the molecule is CCN(CC1CCC1)c1ccc(CO)cc1Br. The van der Waals surface area contributed by atoms with Gasteiger partial charge < -0.3 is 10.0 Å². The summed E-state index contributed by atoms with van der Waals surface area (Å²) < 4.78 is 1.09. The number of halogens is 1. The Bertz CT molecular complexity index is 376. The summed E-state index contributed by atoms with van der Waals surface area (Å²) in [7, 11) is 0. The zero-order valence-electron chi connectivity index (χ0n) is 10.3. The highest BCUT2D eigenvalue weighted by molar-refractivity contribution is 9.10. The monoisotopic (exact) mass is 297 g/mol. The molecule has 2 nitrogen and oxygen atoms in total. The van der Waals surface area contributed by atoms with Crippen molar-refractivity contribution in [3.8, 4) is 0 Å². The average Bonchev–Trinajstić information content (AvgIpc) is 2.29. The molecule has 0 spiro atoms. The van der Waals surface area contributed by atoms with E-state index in [1.165, 1.54) is 24.9 Å². The summed E-state index contributed by atoms with van der Waals surface area (Å²) in [6, 6.07) is 6.13. The first kappa shape index (κ1) is 12.9. The van der Waals surface area contributed by atoms with E-state index in [0.717, 1.165) is 29.0 Å². The van der Waals surface area contributed by atoms with E-state index in [-0.39, 0.29) is 6.61 Å². The molecule has 0 aliphatic heterocycles. The highest BCUT2D eigenvalue weighted by Crippen LogP contribution is 2.32. The molecule has 0 unspecified atom stereocenters. The van der Waals surface area contributed by atoms with E-state index in [9.17, 15) is 0 Å². The lowest BCUT2D eigenvalue weighted by molar-refractivity contribution is 0.282. The summed E-state index contributed by atoms with van der Waals surface area (Å²) >= 11 is 3.61. The molecule has 17 heavy (non-hydrogen) atoms. The molecule has 0 saturated heterocycles. The van der Waals surface area contributed by atoms with Gasteiger partial charge in [0.1, 0.15) is 0 Å². The number of hydrogen-bond donors (Lipinski definition) is 1. The second-order valence-corrected chi connectivity index (χ2v) is 5.63. The van der Waals surface area contributed by atoms with Gasteiger partial charge >= 0.3 is 0 Å². The van der Waals surface area contributed by atoms with Crippen LogP contribution in [-0.2, 0) is 6.61 Å². The van der Waals surface area contributed by atoms with Crippen molar-refractivity contribution in [3.63, 3.8) is 0 Å². The van der Waals surface area contributed by atoms with Crippen LogP contribution >= 0.6 is 15.9 Å². The third-order valence-corrected chi connectivity index (χ3v) is 4.26. The number of anilines is 1. The van der Waals surface area contributed by atoms with Crippen LogP contribution in [0.1, 0.15) is 31.7 Å². The molecule has 0 amide bonds. The molecule has 1 aliphatic rings. The van der Waals surface area contributed by atoms with E-state index in [1.54, 1.807) is 0 Å². The molecular weight excluding hydrogens is 278 g/mol. The largest absolute Gasteiger partial charge is 0.392 e. The van der Waals surface area contributed by atoms with Crippen LogP contribution in [0.3, 0.4) is 0 Å². The first-order valence-electron chi connectivity index (χ1n) is 6.38. The fraction of sp³-hybridized carbons (Fsp3) is 0.571. The van der Waals surface area contributed by atoms with Crippen LogP contribution in [0.25, 0.3) is 0 Å². The van der Waals surface area contributed by atoms with Gasteiger partial charge in [-0.05, 0) is 59.3 Å². The summed E-state index contributed by atoms with van der Waals surface area (Å²) in [4.78, 5) is 2.43. The Morgan fingerprint density at radius 1 is 1.41 bits per heavy atom. The molecule has 0 atom stereocenters. The first-order chi connectivity index (χ1) is 8.24. The molecule has 1 saturated carbocycles. The molecule has 2 rings (SSSR count). The Kier molecular flexibility index (Phi) is 4.46. The topological polar surface area (TPSA) is 23.5 Å². The van der Waals surface area contributed by atoms with Crippen molar-refractivity contribution in [2.45, 2.75) is 32.8 Å². The molecule has 1 aliphatic carbocycles. The van der Waals surface area contributed by atoms with Gasteiger partial charge in [0.15, 0.2) is 0 Å². The van der Waals surface area contributed by atoms with Crippen LogP contribution in [0, 0.1) is 5.92 Å². The van der Waals surface area contributed by atoms with E-state index in [4.69, 9.17) is 5.11 Å². The Balaban J connectivity index is 2.11. The van der Waals surface area contributed by atoms with Crippen LogP contribution in [0.15, 0.2) is 22.7 Å². The van der Waals surface area contributed by atoms with Crippen molar-refractivity contribution < 1.29 is 5.11 Å². The lowest BCUT2D eigenvalue weighted by Crippen LogP contribution is -2.32. The molecule has 3 heteroatoms. The van der Waals surface area contributed by atoms with Gasteiger partial charge in [-0.25, -0.2) is 0 Å². The zero-order valence-corrected chi connectivity index (χ0v) is 11.9. The summed E-state index contributed by atoms with van der Waals surface area (Å²) in [5.74, 6) is 0.874. The summed E-state index contributed by atoms with van der Waals surface area (Å²) in [5, 5.41) is 9.11. The minimum atomic E-state index is 0.105. The van der Waals surface area contributed by atoms with Crippen LogP contribution in [0.5, 0.6) is 0 Å². The molecule has 0 aromatic heterocycles. The number of benzene rings is 1. The highest BCUT2D eigenvalue weighted by atomic mass is 79.9. The Labute approximate surface area is 112 Å². The maximum Gasteiger partial charge on any atom is 0.0682 e. The van der Waals surface area contributed by atoms with Gasteiger partial charge in [0, 0.05) is 17.6 Å². The zero-order chi connectivity index (χ0) is 12.3. The maximum atomic E-state index is 9.11. The number of rotatable bonds is 5. The standard InChI is InChI=1S/C14H20BrNO/c1-2-16(9-11-4-3-5-11)14-7-6-12(10-17)8-13(14)15/h6-8,11,17H,2-5,9-10H2,1H3. The van der Waals surface area contributed by atoms with Gasteiger partial charge in [0.05, 0.1) is 12.3 Å². The first-order valence-corrected chi connectivity index (χ1v) is 7.18. The Hall–Kier alpha value is -0.540. The van der Waals surface area contributed by atoms with Crippen LogP contribution in [0.4, 0.5) is 5.69 Å². The van der Waals surface area contributed by atoms with E-state index in [2.05, 4.69) is 33.8 Å². The van der Waals surface area contributed by atoms with Crippen molar-refractivity contribution in [1.29, 1.82) is 0 Å². The van der Waals surface area contributed by atoms with Gasteiger partial charge in [0.25, 0.3) is 0 Å². The lowest BCUT2D eigenvalue weighted by Gasteiger charge is -2.33. The minimum absolute atomic E-state index is 0.105. The molecule has 94 valence electrons. The molecule has 0 bridgehead atoms. The van der Waals surface area contributed by atoms with E-state index < -0.39 is 0 Å². The van der Waals surface area contributed by atoms with Gasteiger partial charge in [0.2, 0.25) is 0 Å². The van der Waals surface area contributed by atoms with Crippen LogP contribution < -0.4 is 4.90 Å². The highest BCUT2D eigenvalue weighted by Gasteiger charge is 2.21. The van der Waals surface area contributed by atoms with Gasteiger partial charge in [-0.15, -0.1) is 0 Å². The van der Waals surface area contributed by atoms with Crippen LogP contribution in [-0.4, -0.2) is 18.2 Å². The summed E-state index contributed by atoms with van der Waals surface area (Å²) in [5.41, 5.74) is 2.21. The van der Waals surface area contributed by atoms with Gasteiger partial charge in [-0.3, -0.25) is 0 Å². The maximum absolute atomic E-state index is 9.11. The Morgan fingerprint density at radius 3 is 2.65 bits per heavy atom. The molecule has 1 fully saturated rings. The van der Waals surface area contributed by atoms with Crippen molar-refractivity contribution in [3.05, 3.63) is 28.2 Å². The molecule has 1 aromatic carbocycles. The van der Waals surface area contributed by atoms with Crippen molar-refractivity contribution in [1.82, 2.24) is 0 Å². The second-order valence-electron chi connectivity index (χ2n) is 4.78. The summed E-state index contributed by atoms with van der Waals surface area (Å²) in [6.07, 6.45) is 4.15. The molecule has 0 heterocycles. The molecule has 1 aromatic rings. The van der Waals surface area contributed by atoms with Crippen molar-refractivity contribution >= 4 is 21.6 Å². The van der Waals surface area contributed by atoms with Crippen molar-refractivity contribution in [2.24, 2.45) is 5.92 Å². The van der Waals surface area contributed by atoms with E-state index >= 15 is 0 Å². The molecule has 1 N–H and O–H groups in total. The second kappa shape index (κ2) is 5.87. The number of aliphatic hydroxyl groups is 1. The predicted octanol–water partition coefficient (Wildman–Crippen LogP) is 3.57. The summed E-state index contributed by atoms with van der Waals surface area (Å²) in [6.45, 7) is 4.50. The average molecular weight is 298 g/mol. The van der Waals surface area contributed by atoms with Gasteiger partial charge in [-0.1, -0.05) is 12.5 Å². The van der Waals surface area contributed by atoms with Gasteiger partial charge in [-0.2, -0.15) is 0 Å². The quantitative estimate of drug-likeness (QED) is 0.898. The normalized spacial score (nSPS) is 15.7. The third-order valence-electron chi connectivity index (χ3n) is 3.62. The van der Waals surface area contributed by atoms with E-state index in [0.29, 0.717) is 0 Å². The fourth-order valence-electron chi connectivity index (χ4n) is 2.29. The number of aliphatic hydroxyl groups excluding tert-OH is 1. The Morgan fingerprint density at radius 2 is 2.18 bits per heavy atom.